The van der Waals surface area contributed by atoms with Gasteiger partial charge in [0.05, 0.1) is 0 Å². The molecule has 0 N–H and O–H groups in total. The number of carbonyl (C=O) groups excluding carboxylic acids is 1. The first-order valence-electron chi connectivity index (χ1n) is 2.46. The maximum absolute atomic E-state index is 9.65. The van der Waals surface area contributed by atoms with E-state index in [0.29, 0.717) is 6.42 Å². The van der Waals surface area contributed by atoms with E-state index >= 15 is 0 Å². The Morgan fingerprint density at radius 1 is 1.38 bits per heavy atom. The minimum atomic E-state index is 0. The van der Waals surface area contributed by atoms with Gasteiger partial charge in [0, 0.05) is 6.42 Å². The summed E-state index contributed by atoms with van der Waals surface area (Å²) in [5.74, 6) is 0.897. The van der Waals surface area contributed by atoms with Crippen molar-refractivity contribution in [2.24, 2.45) is 0 Å². The third-order valence-electron chi connectivity index (χ3n) is 0.730. The van der Waals surface area contributed by atoms with Crippen LogP contribution in [-0.4, -0.2) is 49.8 Å². The first kappa shape index (κ1) is 12.0. The second-order valence-electron chi connectivity index (χ2n) is 1.39. The van der Waals surface area contributed by atoms with Gasteiger partial charge in [0.25, 0.3) is 0 Å². The van der Waals surface area contributed by atoms with Gasteiger partial charge in [-0.15, -0.1) is 0 Å². The van der Waals surface area contributed by atoms with Gasteiger partial charge in [-0.2, -0.15) is 12.6 Å². The van der Waals surface area contributed by atoms with E-state index in [2.05, 4.69) is 12.6 Å². The molecule has 0 aromatic carbocycles. The second-order valence-corrected chi connectivity index (χ2v) is 1.83. The Morgan fingerprint density at radius 2 is 2.00 bits per heavy atom. The normalized spacial score (nSPS) is 7.62. The Labute approximate surface area is 85.6 Å². The molecule has 0 atom stereocenters. The molecule has 0 radical (unpaired) electrons. The van der Waals surface area contributed by atoms with Crippen LogP contribution in [0.3, 0.4) is 0 Å². The Balaban J connectivity index is 0. The van der Waals surface area contributed by atoms with Crippen LogP contribution in [0.4, 0.5) is 0 Å². The monoisotopic (exact) mass is 160 g/mol. The van der Waals surface area contributed by atoms with Crippen molar-refractivity contribution >= 4 is 56.7 Å². The van der Waals surface area contributed by atoms with Gasteiger partial charge in [0.2, 0.25) is 0 Å². The molecular formula is C5H12CaOS. The molecular weight excluding hydrogens is 148 g/mol. The molecule has 0 aromatic heterocycles. The summed E-state index contributed by atoms with van der Waals surface area (Å²) in [6.07, 6.45) is 3.69. The molecule has 0 aliphatic rings. The Kier molecular flexibility index (Phi) is 16.7. The van der Waals surface area contributed by atoms with Crippen LogP contribution in [0.1, 0.15) is 19.3 Å². The van der Waals surface area contributed by atoms with E-state index in [0.717, 1.165) is 24.9 Å². The fraction of sp³-hybridized carbons (Fsp3) is 0.800. The molecule has 0 heterocycles. The molecule has 0 amide bonds. The first-order valence-corrected chi connectivity index (χ1v) is 3.09. The summed E-state index contributed by atoms with van der Waals surface area (Å²) in [7, 11) is 0. The van der Waals surface area contributed by atoms with Gasteiger partial charge >= 0.3 is 37.7 Å². The predicted octanol–water partition coefficient (Wildman–Crippen LogP) is 0.369. The summed E-state index contributed by atoms with van der Waals surface area (Å²) in [5.41, 5.74) is 0. The molecule has 1 nitrogen and oxygen atoms in total. The molecule has 0 fully saturated rings. The van der Waals surface area contributed by atoms with Crippen molar-refractivity contribution in [2.45, 2.75) is 19.3 Å². The molecule has 0 bridgehead atoms. The minimum absolute atomic E-state index is 0. The molecule has 0 aliphatic heterocycles. The number of unbranched alkanes of at least 4 members (excludes halogenated alkanes) is 2. The second kappa shape index (κ2) is 11.1. The van der Waals surface area contributed by atoms with Crippen LogP contribution in [0.2, 0.25) is 0 Å². The van der Waals surface area contributed by atoms with Crippen molar-refractivity contribution in [3.63, 3.8) is 0 Å². The predicted molar refractivity (Wildman–Crippen MR) is 42.3 cm³/mol. The zero-order chi connectivity index (χ0) is 5.54. The van der Waals surface area contributed by atoms with Gasteiger partial charge in [-0.25, -0.2) is 0 Å². The number of hydrogen-bond donors (Lipinski definition) is 1. The molecule has 0 saturated heterocycles. The fourth-order valence-electron chi connectivity index (χ4n) is 0.339. The van der Waals surface area contributed by atoms with E-state index in [1.54, 1.807) is 0 Å². The number of rotatable bonds is 4. The van der Waals surface area contributed by atoms with E-state index in [-0.39, 0.29) is 37.7 Å². The molecule has 0 saturated carbocycles. The van der Waals surface area contributed by atoms with Crippen molar-refractivity contribution in [3.8, 4) is 0 Å². The van der Waals surface area contributed by atoms with E-state index in [1.807, 2.05) is 0 Å². The summed E-state index contributed by atoms with van der Waals surface area (Å²) in [4.78, 5) is 9.65. The van der Waals surface area contributed by atoms with E-state index in [4.69, 9.17) is 0 Å². The summed E-state index contributed by atoms with van der Waals surface area (Å²) < 4.78 is 0. The number of carbonyl (C=O) groups is 1. The summed E-state index contributed by atoms with van der Waals surface area (Å²) in [5, 5.41) is 0. The molecule has 0 rings (SSSR count). The van der Waals surface area contributed by atoms with Gasteiger partial charge in [0.1, 0.15) is 6.29 Å². The van der Waals surface area contributed by atoms with Crippen molar-refractivity contribution in [1.82, 2.24) is 0 Å². The number of thiol groups is 1. The van der Waals surface area contributed by atoms with Crippen LogP contribution < -0.4 is 0 Å². The van der Waals surface area contributed by atoms with Crippen molar-refractivity contribution in [2.75, 3.05) is 5.75 Å². The summed E-state index contributed by atoms with van der Waals surface area (Å²) in [6.45, 7) is 0. The standard InChI is InChI=1S/C5H10OS.Ca.2H/c6-4-2-1-3-5-7;;;/h4,7H,1-3,5H2;;;. The van der Waals surface area contributed by atoms with Crippen molar-refractivity contribution in [1.29, 1.82) is 0 Å². The molecule has 3 heteroatoms. The van der Waals surface area contributed by atoms with Crippen LogP contribution in [0.25, 0.3) is 0 Å². The van der Waals surface area contributed by atoms with Gasteiger partial charge in [-0.1, -0.05) is 0 Å². The average Bonchev–Trinajstić information content (AvgIpc) is 1.69. The molecule has 0 aromatic rings. The van der Waals surface area contributed by atoms with Crippen LogP contribution in [0.15, 0.2) is 0 Å². The molecule has 46 valence electrons. The Morgan fingerprint density at radius 3 is 2.38 bits per heavy atom. The van der Waals surface area contributed by atoms with Crippen molar-refractivity contribution in [3.05, 3.63) is 0 Å². The van der Waals surface area contributed by atoms with Gasteiger partial charge in [0.15, 0.2) is 0 Å². The third kappa shape index (κ3) is 10.3. The van der Waals surface area contributed by atoms with Crippen LogP contribution in [-0.2, 0) is 4.79 Å². The summed E-state index contributed by atoms with van der Waals surface area (Å²) in [6, 6.07) is 0. The SMILES string of the molecule is O=CCCCCS.[CaH2]. The third-order valence-corrected chi connectivity index (χ3v) is 1.05. The average molecular weight is 160 g/mol. The fourth-order valence-corrected chi connectivity index (χ4v) is 0.563. The number of hydrogen-bond acceptors (Lipinski definition) is 2. The van der Waals surface area contributed by atoms with Gasteiger partial charge < -0.3 is 4.79 Å². The quantitative estimate of drug-likeness (QED) is 0.272. The van der Waals surface area contributed by atoms with Crippen LogP contribution in [0, 0.1) is 0 Å². The molecule has 0 aliphatic carbocycles. The Hall–Kier alpha value is 1.28. The van der Waals surface area contributed by atoms with E-state index < -0.39 is 0 Å². The number of aldehydes is 1. The van der Waals surface area contributed by atoms with E-state index in [1.165, 1.54) is 0 Å². The van der Waals surface area contributed by atoms with Crippen molar-refractivity contribution < 1.29 is 4.79 Å². The van der Waals surface area contributed by atoms with Crippen LogP contribution >= 0.6 is 12.6 Å². The zero-order valence-corrected chi connectivity index (χ0v) is 5.16. The van der Waals surface area contributed by atoms with Gasteiger partial charge in [-0.3, -0.25) is 0 Å². The topological polar surface area (TPSA) is 17.1 Å². The molecule has 0 unspecified atom stereocenters. The molecule has 0 spiro atoms. The summed E-state index contributed by atoms with van der Waals surface area (Å²) >= 11 is 3.98. The zero-order valence-electron chi connectivity index (χ0n) is 4.26. The first-order chi connectivity index (χ1) is 3.41. The van der Waals surface area contributed by atoms with Crippen LogP contribution in [0.5, 0.6) is 0 Å². The Bertz CT molecular complexity index is 49.7. The van der Waals surface area contributed by atoms with Gasteiger partial charge in [-0.05, 0) is 18.6 Å². The molecule has 8 heavy (non-hydrogen) atoms. The van der Waals surface area contributed by atoms with E-state index in [9.17, 15) is 4.79 Å². The maximum atomic E-state index is 9.65.